The minimum Gasteiger partial charge on any atom is -0.493 e. The van der Waals surface area contributed by atoms with Gasteiger partial charge in [-0.2, -0.15) is 0 Å². The topological polar surface area (TPSA) is 21.7 Å². The number of hydrogen-bond donors (Lipinski definition) is 0. The van der Waals surface area contributed by atoms with Gasteiger partial charge >= 0.3 is 0 Å². The van der Waals surface area contributed by atoms with Crippen LogP contribution in [0.3, 0.4) is 0 Å². The Kier molecular flexibility index (Phi) is 5.22. The quantitative estimate of drug-likeness (QED) is 0.755. The monoisotopic (exact) mass is 337 g/mol. The van der Waals surface area contributed by atoms with Gasteiger partial charge in [0.05, 0.1) is 6.61 Å². The largest absolute Gasteiger partial charge is 0.493 e. The van der Waals surface area contributed by atoms with Crippen molar-refractivity contribution in [1.82, 2.24) is 4.90 Å². The van der Waals surface area contributed by atoms with Gasteiger partial charge in [0.15, 0.2) is 0 Å². The van der Waals surface area contributed by atoms with Crippen LogP contribution in [0.15, 0.2) is 54.6 Å². The molecular formula is C22H27NO2. The molecule has 0 N–H and O–H groups in total. The van der Waals surface area contributed by atoms with E-state index in [0.29, 0.717) is 5.92 Å². The van der Waals surface area contributed by atoms with E-state index >= 15 is 0 Å². The molecule has 0 radical (unpaired) electrons. The third-order valence-electron chi connectivity index (χ3n) is 5.50. The molecule has 2 aliphatic heterocycles. The molecule has 2 heterocycles. The second kappa shape index (κ2) is 7.92. The molecule has 2 aromatic carbocycles. The van der Waals surface area contributed by atoms with Gasteiger partial charge in [0, 0.05) is 12.0 Å². The molecule has 3 nitrogen and oxygen atoms in total. The summed E-state index contributed by atoms with van der Waals surface area (Å²) in [6.45, 7) is 3.40. The number of ether oxygens (including phenoxy) is 2. The fourth-order valence-corrected chi connectivity index (χ4v) is 4.20. The van der Waals surface area contributed by atoms with Crippen LogP contribution in [0.25, 0.3) is 0 Å². The van der Waals surface area contributed by atoms with Crippen molar-refractivity contribution in [2.24, 2.45) is 5.92 Å². The molecule has 0 bridgehead atoms. The van der Waals surface area contributed by atoms with Crippen molar-refractivity contribution < 1.29 is 9.47 Å². The zero-order chi connectivity index (χ0) is 16.9. The number of benzene rings is 2. The van der Waals surface area contributed by atoms with Crippen molar-refractivity contribution >= 4 is 0 Å². The lowest BCUT2D eigenvalue weighted by atomic mass is 9.84. The van der Waals surface area contributed by atoms with E-state index in [1.54, 1.807) is 0 Å². The first-order valence-electron chi connectivity index (χ1n) is 9.58. The Morgan fingerprint density at radius 2 is 1.48 bits per heavy atom. The lowest BCUT2D eigenvalue weighted by molar-refractivity contribution is 0.0366. The first-order valence-corrected chi connectivity index (χ1v) is 9.58. The SMILES string of the molecule is c1ccc(Oc2ccc(OCC3CCCN4CCCCC34)cc2)cc1. The summed E-state index contributed by atoms with van der Waals surface area (Å²) in [6.07, 6.45) is 6.71. The molecule has 0 aliphatic carbocycles. The summed E-state index contributed by atoms with van der Waals surface area (Å²) in [7, 11) is 0. The Morgan fingerprint density at radius 1 is 0.760 bits per heavy atom. The summed E-state index contributed by atoms with van der Waals surface area (Å²) in [6, 6.07) is 18.6. The van der Waals surface area contributed by atoms with Gasteiger partial charge in [0.1, 0.15) is 17.2 Å². The van der Waals surface area contributed by atoms with Crippen molar-refractivity contribution in [2.45, 2.75) is 38.1 Å². The molecule has 0 aromatic heterocycles. The highest BCUT2D eigenvalue weighted by Gasteiger charge is 2.33. The molecule has 25 heavy (non-hydrogen) atoms. The van der Waals surface area contributed by atoms with E-state index in [2.05, 4.69) is 4.90 Å². The van der Waals surface area contributed by atoms with Gasteiger partial charge in [-0.15, -0.1) is 0 Å². The number of nitrogens with zero attached hydrogens (tertiary/aromatic N) is 1. The smallest absolute Gasteiger partial charge is 0.127 e. The van der Waals surface area contributed by atoms with Gasteiger partial charge in [0.25, 0.3) is 0 Å². The molecule has 0 saturated carbocycles. The highest BCUT2D eigenvalue weighted by atomic mass is 16.5. The zero-order valence-corrected chi connectivity index (χ0v) is 14.8. The highest BCUT2D eigenvalue weighted by Crippen LogP contribution is 2.31. The Bertz CT molecular complexity index is 653. The van der Waals surface area contributed by atoms with Crippen LogP contribution in [0.4, 0.5) is 0 Å². The molecule has 0 amide bonds. The summed E-state index contributed by atoms with van der Waals surface area (Å²) in [5.74, 6) is 3.31. The molecule has 2 unspecified atom stereocenters. The van der Waals surface area contributed by atoms with Crippen molar-refractivity contribution in [1.29, 1.82) is 0 Å². The van der Waals surface area contributed by atoms with E-state index in [1.165, 1.54) is 45.2 Å². The Morgan fingerprint density at radius 3 is 2.32 bits per heavy atom. The van der Waals surface area contributed by atoms with Gasteiger partial charge in [-0.05, 0) is 75.2 Å². The maximum atomic E-state index is 6.12. The average Bonchev–Trinajstić information content (AvgIpc) is 2.68. The maximum Gasteiger partial charge on any atom is 0.127 e. The van der Waals surface area contributed by atoms with Gasteiger partial charge in [-0.25, -0.2) is 0 Å². The summed E-state index contributed by atoms with van der Waals surface area (Å²) in [4.78, 5) is 2.69. The molecular weight excluding hydrogens is 310 g/mol. The number of fused-ring (bicyclic) bond motifs is 1. The van der Waals surface area contributed by atoms with Crippen molar-refractivity contribution in [2.75, 3.05) is 19.7 Å². The Labute approximate surface area is 150 Å². The normalized spacial score (nSPS) is 23.7. The van der Waals surface area contributed by atoms with Crippen molar-refractivity contribution in [3.05, 3.63) is 54.6 Å². The minimum absolute atomic E-state index is 0.675. The van der Waals surface area contributed by atoms with Crippen LogP contribution < -0.4 is 9.47 Å². The molecule has 2 fully saturated rings. The second-order valence-electron chi connectivity index (χ2n) is 7.20. The molecule has 4 rings (SSSR count). The van der Waals surface area contributed by atoms with Crippen LogP contribution in [0.1, 0.15) is 32.1 Å². The van der Waals surface area contributed by atoms with E-state index in [4.69, 9.17) is 9.47 Å². The number of piperidine rings is 2. The van der Waals surface area contributed by atoms with E-state index in [1.807, 2.05) is 54.6 Å². The van der Waals surface area contributed by atoms with E-state index in [9.17, 15) is 0 Å². The fourth-order valence-electron chi connectivity index (χ4n) is 4.20. The zero-order valence-electron chi connectivity index (χ0n) is 14.8. The summed E-state index contributed by atoms with van der Waals surface area (Å²) >= 11 is 0. The first-order chi connectivity index (χ1) is 12.4. The number of hydrogen-bond acceptors (Lipinski definition) is 3. The summed E-state index contributed by atoms with van der Waals surface area (Å²) < 4.78 is 12.0. The Hall–Kier alpha value is -2.00. The van der Waals surface area contributed by atoms with Crippen LogP contribution in [0, 0.1) is 5.92 Å². The highest BCUT2D eigenvalue weighted by molar-refractivity contribution is 5.35. The predicted octanol–water partition coefficient (Wildman–Crippen LogP) is 5.12. The molecule has 2 aliphatic rings. The molecule has 0 spiro atoms. The van der Waals surface area contributed by atoms with Crippen LogP contribution in [-0.2, 0) is 0 Å². The van der Waals surface area contributed by atoms with Crippen LogP contribution >= 0.6 is 0 Å². The number of rotatable bonds is 5. The van der Waals surface area contributed by atoms with Gasteiger partial charge in [0.2, 0.25) is 0 Å². The molecule has 2 aromatic rings. The van der Waals surface area contributed by atoms with Crippen LogP contribution in [-0.4, -0.2) is 30.6 Å². The van der Waals surface area contributed by atoms with Crippen molar-refractivity contribution in [3.63, 3.8) is 0 Å². The van der Waals surface area contributed by atoms with E-state index in [0.717, 1.165) is 29.9 Å². The molecule has 132 valence electrons. The molecule has 3 heteroatoms. The van der Waals surface area contributed by atoms with Crippen molar-refractivity contribution in [3.8, 4) is 17.2 Å². The van der Waals surface area contributed by atoms with Gasteiger partial charge < -0.3 is 9.47 Å². The molecule has 2 saturated heterocycles. The van der Waals surface area contributed by atoms with E-state index in [-0.39, 0.29) is 0 Å². The number of para-hydroxylation sites is 1. The first kappa shape index (κ1) is 16.5. The second-order valence-corrected chi connectivity index (χ2v) is 7.20. The summed E-state index contributed by atoms with van der Waals surface area (Å²) in [5, 5.41) is 0. The van der Waals surface area contributed by atoms with E-state index < -0.39 is 0 Å². The lowest BCUT2D eigenvalue weighted by Gasteiger charge is -2.44. The maximum absolute atomic E-state index is 6.12. The minimum atomic E-state index is 0.675. The van der Waals surface area contributed by atoms with Crippen LogP contribution in [0.5, 0.6) is 17.2 Å². The van der Waals surface area contributed by atoms with Gasteiger partial charge in [-0.1, -0.05) is 24.6 Å². The third-order valence-corrected chi connectivity index (χ3v) is 5.50. The third kappa shape index (κ3) is 4.16. The Balaban J connectivity index is 1.32. The predicted molar refractivity (Wildman–Crippen MR) is 100 cm³/mol. The average molecular weight is 337 g/mol. The molecule has 2 atom stereocenters. The fraction of sp³-hybridized carbons (Fsp3) is 0.455. The lowest BCUT2D eigenvalue weighted by Crippen LogP contribution is -2.49. The summed E-state index contributed by atoms with van der Waals surface area (Å²) in [5.41, 5.74) is 0. The van der Waals surface area contributed by atoms with Gasteiger partial charge in [-0.3, -0.25) is 4.90 Å². The van der Waals surface area contributed by atoms with Crippen LogP contribution in [0.2, 0.25) is 0 Å². The standard InChI is InChI=1S/C22H27NO2/c1-2-8-20(9-3-1)25-21-13-11-19(12-14-21)24-17-18-7-6-16-23-15-5-4-10-22(18)23/h1-3,8-9,11-14,18,22H,4-7,10,15-17H2.